The van der Waals surface area contributed by atoms with Crippen LogP contribution in [0, 0.1) is 0 Å². The second-order valence-corrected chi connectivity index (χ2v) is 5.47. The van der Waals surface area contributed by atoms with Crippen molar-refractivity contribution < 1.29 is 23.5 Å². The molecule has 2 amide bonds. The molecular formula is C17H18N2O5. The number of carbonyl (C=O) groups is 2. The van der Waals surface area contributed by atoms with Crippen molar-refractivity contribution in [1.29, 1.82) is 0 Å². The summed E-state index contributed by atoms with van der Waals surface area (Å²) in [7, 11) is 0. The average Bonchev–Trinajstić information content (AvgIpc) is 3.07. The van der Waals surface area contributed by atoms with Gasteiger partial charge >= 0.3 is 11.8 Å². The van der Waals surface area contributed by atoms with Gasteiger partial charge in [0, 0.05) is 24.2 Å². The van der Waals surface area contributed by atoms with E-state index < -0.39 is 11.8 Å². The molecule has 0 aliphatic carbocycles. The van der Waals surface area contributed by atoms with Crippen LogP contribution in [0.2, 0.25) is 0 Å². The minimum absolute atomic E-state index is 0.227. The molecular weight excluding hydrogens is 312 g/mol. The Bertz CT molecular complexity index is 727. The lowest BCUT2D eigenvalue weighted by Crippen LogP contribution is -2.41. The van der Waals surface area contributed by atoms with Crippen LogP contribution >= 0.6 is 0 Å². The van der Waals surface area contributed by atoms with Crippen molar-refractivity contribution in [1.82, 2.24) is 5.32 Å². The number of furan rings is 1. The SMILES string of the molecule is CC(Cc1ccco1)NC(=O)C(=O)Nc1ccc2c(c1)OCCO2. The van der Waals surface area contributed by atoms with Gasteiger partial charge in [-0.05, 0) is 31.2 Å². The number of fused-ring (bicyclic) bond motifs is 1. The van der Waals surface area contributed by atoms with Crippen LogP contribution in [0.15, 0.2) is 41.0 Å². The second-order valence-electron chi connectivity index (χ2n) is 5.47. The van der Waals surface area contributed by atoms with Crippen molar-refractivity contribution in [2.75, 3.05) is 18.5 Å². The number of benzene rings is 1. The Morgan fingerprint density at radius 2 is 1.92 bits per heavy atom. The molecule has 126 valence electrons. The van der Waals surface area contributed by atoms with Gasteiger partial charge in [0.25, 0.3) is 0 Å². The summed E-state index contributed by atoms with van der Waals surface area (Å²) >= 11 is 0. The van der Waals surface area contributed by atoms with Crippen LogP contribution in [0.25, 0.3) is 0 Å². The maximum atomic E-state index is 12.0. The molecule has 24 heavy (non-hydrogen) atoms. The van der Waals surface area contributed by atoms with Gasteiger partial charge in [-0.15, -0.1) is 0 Å². The maximum Gasteiger partial charge on any atom is 0.313 e. The molecule has 7 heteroatoms. The molecule has 0 saturated heterocycles. The van der Waals surface area contributed by atoms with E-state index in [2.05, 4.69) is 10.6 Å². The normalized spacial score (nSPS) is 13.9. The molecule has 1 aromatic heterocycles. The van der Waals surface area contributed by atoms with E-state index in [4.69, 9.17) is 13.9 Å². The summed E-state index contributed by atoms with van der Waals surface area (Å²) in [4.78, 5) is 24.0. The predicted octanol–water partition coefficient (Wildman–Crippen LogP) is 1.74. The molecule has 0 saturated carbocycles. The van der Waals surface area contributed by atoms with Gasteiger partial charge < -0.3 is 24.5 Å². The standard InChI is InChI=1S/C17H18N2O5/c1-11(9-13-3-2-6-22-13)18-16(20)17(21)19-12-4-5-14-15(10-12)24-8-7-23-14/h2-6,10-11H,7-9H2,1H3,(H,18,20)(H,19,21). The van der Waals surface area contributed by atoms with Crippen LogP contribution in [-0.4, -0.2) is 31.1 Å². The molecule has 7 nitrogen and oxygen atoms in total. The van der Waals surface area contributed by atoms with Crippen molar-refractivity contribution in [3.63, 3.8) is 0 Å². The number of anilines is 1. The Hall–Kier alpha value is -2.96. The lowest BCUT2D eigenvalue weighted by Gasteiger charge is -2.19. The number of hydrogen-bond donors (Lipinski definition) is 2. The van der Waals surface area contributed by atoms with Gasteiger partial charge in [-0.2, -0.15) is 0 Å². The monoisotopic (exact) mass is 330 g/mol. The number of nitrogens with one attached hydrogen (secondary N) is 2. The molecule has 1 aliphatic rings. The number of hydrogen-bond acceptors (Lipinski definition) is 5. The quantitative estimate of drug-likeness (QED) is 0.834. The fourth-order valence-electron chi connectivity index (χ4n) is 2.38. The molecule has 3 rings (SSSR count). The van der Waals surface area contributed by atoms with Gasteiger partial charge in [0.05, 0.1) is 6.26 Å². The third-order valence-corrected chi connectivity index (χ3v) is 3.47. The molecule has 2 aromatic rings. The fourth-order valence-corrected chi connectivity index (χ4v) is 2.38. The van der Waals surface area contributed by atoms with E-state index in [0.29, 0.717) is 36.8 Å². The topological polar surface area (TPSA) is 89.8 Å². The maximum absolute atomic E-state index is 12.0. The highest BCUT2D eigenvalue weighted by Gasteiger charge is 2.18. The van der Waals surface area contributed by atoms with E-state index in [0.717, 1.165) is 5.76 Å². The minimum Gasteiger partial charge on any atom is -0.486 e. The summed E-state index contributed by atoms with van der Waals surface area (Å²) in [5.41, 5.74) is 0.470. The lowest BCUT2D eigenvalue weighted by molar-refractivity contribution is -0.136. The molecule has 1 aliphatic heterocycles. The Morgan fingerprint density at radius 3 is 2.67 bits per heavy atom. The summed E-state index contributed by atoms with van der Waals surface area (Å²) in [5, 5.41) is 5.18. The Balaban J connectivity index is 1.55. The first-order valence-corrected chi connectivity index (χ1v) is 7.65. The fraction of sp³-hybridized carbons (Fsp3) is 0.294. The van der Waals surface area contributed by atoms with Crippen molar-refractivity contribution in [3.8, 4) is 11.5 Å². The van der Waals surface area contributed by atoms with E-state index >= 15 is 0 Å². The zero-order chi connectivity index (χ0) is 16.9. The Morgan fingerprint density at radius 1 is 1.12 bits per heavy atom. The largest absolute Gasteiger partial charge is 0.486 e. The van der Waals surface area contributed by atoms with E-state index in [1.165, 1.54) is 0 Å². The highest BCUT2D eigenvalue weighted by Crippen LogP contribution is 2.32. The number of ether oxygens (including phenoxy) is 2. The van der Waals surface area contributed by atoms with Crippen LogP contribution in [-0.2, 0) is 16.0 Å². The van der Waals surface area contributed by atoms with Gasteiger partial charge in [0.15, 0.2) is 11.5 Å². The summed E-state index contributed by atoms with van der Waals surface area (Å²) in [6, 6.07) is 8.35. The molecule has 0 spiro atoms. The third kappa shape index (κ3) is 3.87. The van der Waals surface area contributed by atoms with Gasteiger partial charge in [-0.3, -0.25) is 9.59 Å². The van der Waals surface area contributed by atoms with E-state index in [1.807, 2.05) is 6.07 Å². The first-order valence-electron chi connectivity index (χ1n) is 7.65. The van der Waals surface area contributed by atoms with Gasteiger partial charge in [0.2, 0.25) is 0 Å². The van der Waals surface area contributed by atoms with Crippen molar-refractivity contribution in [2.45, 2.75) is 19.4 Å². The molecule has 2 N–H and O–H groups in total. The van der Waals surface area contributed by atoms with Gasteiger partial charge in [-0.1, -0.05) is 0 Å². The molecule has 1 atom stereocenters. The Labute approximate surface area is 138 Å². The van der Waals surface area contributed by atoms with Crippen molar-refractivity contribution in [3.05, 3.63) is 42.4 Å². The van der Waals surface area contributed by atoms with Crippen LogP contribution in [0.3, 0.4) is 0 Å². The van der Waals surface area contributed by atoms with Crippen LogP contribution < -0.4 is 20.1 Å². The molecule has 0 fully saturated rings. The minimum atomic E-state index is -0.738. The smallest absolute Gasteiger partial charge is 0.313 e. The molecule has 0 radical (unpaired) electrons. The molecule has 1 aromatic carbocycles. The zero-order valence-electron chi connectivity index (χ0n) is 13.2. The average molecular weight is 330 g/mol. The summed E-state index contributed by atoms with van der Waals surface area (Å²) < 4.78 is 16.1. The summed E-state index contributed by atoms with van der Waals surface area (Å²) in [6.07, 6.45) is 2.08. The van der Waals surface area contributed by atoms with Gasteiger partial charge in [-0.25, -0.2) is 0 Å². The van der Waals surface area contributed by atoms with Crippen molar-refractivity contribution >= 4 is 17.5 Å². The molecule has 0 bridgehead atoms. The molecule has 2 heterocycles. The lowest BCUT2D eigenvalue weighted by atomic mass is 10.2. The first kappa shape index (κ1) is 15.9. The van der Waals surface area contributed by atoms with Crippen molar-refractivity contribution in [2.24, 2.45) is 0 Å². The number of carbonyl (C=O) groups excluding carboxylic acids is 2. The van der Waals surface area contributed by atoms with Gasteiger partial charge in [0.1, 0.15) is 19.0 Å². The van der Waals surface area contributed by atoms with Crippen LogP contribution in [0.5, 0.6) is 11.5 Å². The summed E-state index contributed by atoms with van der Waals surface area (Å²) in [5.74, 6) is 0.471. The van der Waals surface area contributed by atoms with E-state index in [-0.39, 0.29) is 6.04 Å². The summed E-state index contributed by atoms with van der Waals surface area (Å²) in [6.45, 7) is 2.75. The predicted molar refractivity (Wildman–Crippen MR) is 86.1 cm³/mol. The van der Waals surface area contributed by atoms with E-state index in [1.54, 1.807) is 37.5 Å². The van der Waals surface area contributed by atoms with E-state index in [9.17, 15) is 9.59 Å². The number of rotatable bonds is 4. The number of amides is 2. The zero-order valence-corrected chi connectivity index (χ0v) is 13.2. The highest BCUT2D eigenvalue weighted by molar-refractivity contribution is 6.39. The molecule has 1 unspecified atom stereocenters. The first-order chi connectivity index (χ1) is 11.6. The second kappa shape index (κ2) is 7.08. The van der Waals surface area contributed by atoms with Crippen LogP contribution in [0.1, 0.15) is 12.7 Å². The highest BCUT2D eigenvalue weighted by atomic mass is 16.6. The van der Waals surface area contributed by atoms with Crippen LogP contribution in [0.4, 0.5) is 5.69 Å². The Kier molecular flexibility index (Phi) is 4.69. The third-order valence-electron chi connectivity index (χ3n) is 3.47.